The van der Waals surface area contributed by atoms with Crippen molar-refractivity contribution in [2.24, 2.45) is 5.11 Å². The van der Waals surface area contributed by atoms with Gasteiger partial charge in [0.1, 0.15) is 0 Å². The molecule has 0 radical (unpaired) electrons. The summed E-state index contributed by atoms with van der Waals surface area (Å²) < 4.78 is 0. The molecule has 1 heterocycles. The Morgan fingerprint density at radius 2 is 2.62 bits per heavy atom. The van der Waals surface area contributed by atoms with Gasteiger partial charge in [0.25, 0.3) is 0 Å². The van der Waals surface area contributed by atoms with Crippen molar-refractivity contribution in [1.29, 1.82) is 0 Å². The van der Waals surface area contributed by atoms with E-state index in [0.717, 1.165) is 17.9 Å². The molecule has 0 amide bonds. The van der Waals surface area contributed by atoms with E-state index < -0.39 is 0 Å². The van der Waals surface area contributed by atoms with Crippen LogP contribution in [0.2, 0.25) is 0 Å². The van der Waals surface area contributed by atoms with Gasteiger partial charge in [0.2, 0.25) is 0 Å². The van der Waals surface area contributed by atoms with Crippen LogP contribution in [0.25, 0.3) is 10.4 Å². The van der Waals surface area contributed by atoms with E-state index in [4.69, 9.17) is 5.53 Å². The molecular formula is C4H7N3S. The van der Waals surface area contributed by atoms with Crippen molar-refractivity contribution in [1.82, 2.24) is 0 Å². The summed E-state index contributed by atoms with van der Waals surface area (Å²) in [5, 5.41) is 3.58. The summed E-state index contributed by atoms with van der Waals surface area (Å²) in [5.41, 5.74) is 7.98. The zero-order valence-corrected chi connectivity index (χ0v) is 5.27. The quantitative estimate of drug-likeness (QED) is 0.302. The molecule has 44 valence electrons. The van der Waals surface area contributed by atoms with E-state index in [1.807, 2.05) is 11.8 Å². The Kier molecular flexibility index (Phi) is 2.06. The standard InChI is InChI=1S/C4H7N3S/c5-7-6-4-1-2-8-3-4/h4H,1-3H2/t4-/m1/s1. The summed E-state index contributed by atoms with van der Waals surface area (Å²) in [6, 6.07) is 0.282. The predicted octanol–water partition coefficient (Wildman–Crippen LogP) is 1.80. The Bertz CT molecular complexity index is 112. The highest BCUT2D eigenvalue weighted by Gasteiger charge is 2.12. The zero-order valence-electron chi connectivity index (χ0n) is 4.45. The minimum atomic E-state index is 0.282. The van der Waals surface area contributed by atoms with E-state index in [0.29, 0.717) is 0 Å². The van der Waals surface area contributed by atoms with Gasteiger partial charge in [0.15, 0.2) is 0 Å². The zero-order chi connectivity index (χ0) is 5.82. The third kappa shape index (κ3) is 1.32. The van der Waals surface area contributed by atoms with Crippen molar-refractivity contribution in [3.63, 3.8) is 0 Å². The molecule has 1 rings (SSSR count). The average Bonchev–Trinajstić information content (AvgIpc) is 2.19. The van der Waals surface area contributed by atoms with Gasteiger partial charge >= 0.3 is 0 Å². The Labute approximate surface area is 52.1 Å². The van der Waals surface area contributed by atoms with E-state index in [-0.39, 0.29) is 6.04 Å². The van der Waals surface area contributed by atoms with Crippen molar-refractivity contribution >= 4 is 11.8 Å². The van der Waals surface area contributed by atoms with E-state index in [9.17, 15) is 0 Å². The van der Waals surface area contributed by atoms with Crippen molar-refractivity contribution in [3.8, 4) is 0 Å². The van der Waals surface area contributed by atoms with E-state index >= 15 is 0 Å². The fraction of sp³-hybridized carbons (Fsp3) is 1.00. The number of azide groups is 1. The first kappa shape index (κ1) is 5.79. The van der Waals surface area contributed by atoms with Crippen LogP contribution in [0, 0.1) is 0 Å². The molecule has 8 heavy (non-hydrogen) atoms. The Morgan fingerprint density at radius 3 is 3.12 bits per heavy atom. The second kappa shape index (κ2) is 2.84. The maximum absolute atomic E-state index is 7.98. The maximum atomic E-state index is 7.98. The summed E-state index contributed by atoms with van der Waals surface area (Å²) in [4.78, 5) is 2.73. The van der Waals surface area contributed by atoms with Crippen molar-refractivity contribution in [2.75, 3.05) is 11.5 Å². The first-order valence-corrected chi connectivity index (χ1v) is 3.71. The molecule has 1 atom stereocenters. The molecule has 4 heteroatoms. The molecule has 1 saturated heterocycles. The molecule has 0 aromatic heterocycles. The molecule has 0 saturated carbocycles. The van der Waals surface area contributed by atoms with Crippen LogP contribution in [0.4, 0.5) is 0 Å². The number of hydrogen-bond donors (Lipinski definition) is 0. The molecule has 0 N–H and O–H groups in total. The van der Waals surface area contributed by atoms with Gasteiger partial charge < -0.3 is 0 Å². The van der Waals surface area contributed by atoms with Gasteiger partial charge in [-0.2, -0.15) is 11.8 Å². The third-order valence-corrected chi connectivity index (χ3v) is 2.27. The molecule has 1 aliphatic heterocycles. The minimum absolute atomic E-state index is 0.282. The Balaban J connectivity index is 2.35. The summed E-state index contributed by atoms with van der Waals surface area (Å²) >= 11 is 1.86. The molecule has 0 aromatic rings. The van der Waals surface area contributed by atoms with Crippen LogP contribution in [-0.4, -0.2) is 17.5 Å². The average molecular weight is 129 g/mol. The normalized spacial score (nSPS) is 27.2. The third-order valence-electron chi connectivity index (χ3n) is 1.12. The molecule has 0 aliphatic carbocycles. The summed E-state index contributed by atoms with van der Waals surface area (Å²) in [5.74, 6) is 2.17. The SMILES string of the molecule is [N-]=[N+]=N[C@@H]1CCSC1. The molecule has 0 aromatic carbocycles. The van der Waals surface area contributed by atoms with Crippen molar-refractivity contribution in [2.45, 2.75) is 12.5 Å². The van der Waals surface area contributed by atoms with E-state index in [2.05, 4.69) is 10.0 Å². The second-order valence-electron chi connectivity index (χ2n) is 1.72. The fourth-order valence-electron chi connectivity index (χ4n) is 0.686. The van der Waals surface area contributed by atoms with Gasteiger partial charge in [-0.15, -0.1) is 0 Å². The van der Waals surface area contributed by atoms with Crippen LogP contribution >= 0.6 is 11.8 Å². The van der Waals surface area contributed by atoms with Crippen LogP contribution in [-0.2, 0) is 0 Å². The maximum Gasteiger partial charge on any atom is 0.0472 e. The first-order chi connectivity index (χ1) is 3.93. The lowest BCUT2D eigenvalue weighted by Crippen LogP contribution is -1.97. The van der Waals surface area contributed by atoms with Crippen LogP contribution < -0.4 is 0 Å². The van der Waals surface area contributed by atoms with Crippen molar-refractivity contribution < 1.29 is 0 Å². The summed E-state index contributed by atoms with van der Waals surface area (Å²) in [7, 11) is 0. The Morgan fingerprint density at radius 1 is 1.75 bits per heavy atom. The monoisotopic (exact) mass is 129 g/mol. The van der Waals surface area contributed by atoms with Gasteiger partial charge in [-0.25, -0.2) is 0 Å². The lowest BCUT2D eigenvalue weighted by molar-refractivity contribution is 0.752. The number of hydrogen-bond acceptors (Lipinski definition) is 2. The van der Waals surface area contributed by atoms with Gasteiger partial charge in [0.05, 0.1) is 0 Å². The van der Waals surface area contributed by atoms with Gasteiger partial charge in [-0.3, -0.25) is 0 Å². The molecule has 1 fully saturated rings. The number of thioether (sulfide) groups is 1. The van der Waals surface area contributed by atoms with Crippen LogP contribution in [0.3, 0.4) is 0 Å². The van der Waals surface area contributed by atoms with Gasteiger partial charge in [-0.1, -0.05) is 5.11 Å². The van der Waals surface area contributed by atoms with Crippen LogP contribution in [0.5, 0.6) is 0 Å². The molecule has 0 bridgehead atoms. The molecule has 1 aliphatic rings. The van der Waals surface area contributed by atoms with Crippen LogP contribution in [0.1, 0.15) is 6.42 Å². The first-order valence-electron chi connectivity index (χ1n) is 2.55. The summed E-state index contributed by atoms with van der Waals surface area (Å²) in [6.07, 6.45) is 1.06. The molecule has 0 unspecified atom stereocenters. The molecular weight excluding hydrogens is 122 g/mol. The minimum Gasteiger partial charge on any atom is -0.162 e. The predicted molar refractivity (Wildman–Crippen MR) is 34.9 cm³/mol. The number of nitrogens with zero attached hydrogens (tertiary/aromatic N) is 3. The Hall–Kier alpha value is -0.340. The molecule has 0 spiro atoms. The smallest absolute Gasteiger partial charge is 0.0472 e. The van der Waals surface area contributed by atoms with E-state index in [1.54, 1.807) is 0 Å². The summed E-state index contributed by atoms with van der Waals surface area (Å²) in [6.45, 7) is 0. The highest BCUT2D eigenvalue weighted by atomic mass is 32.2. The highest BCUT2D eigenvalue weighted by molar-refractivity contribution is 7.99. The number of rotatable bonds is 1. The van der Waals surface area contributed by atoms with E-state index in [1.165, 1.54) is 0 Å². The van der Waals surface area contributed by atoms with Gasteiger partial charge in [-0.05, 0) is 17.7 Å². The van der Waals surface area contributed by atoms with Crippen molar-refractivity contribution in [3.05, 3.63) is 10.4 Å². The lowest BCUT2D eigenvalue weighted by Gasteiger charge is -1.91. The fourth-order valence-corrected chi connectivity index (χ4v) is 1.80. The van der Waals surface area contributed by atoms with Crippen LogP contribution in [0.15, 0.2) is 5.11 Å². The lowest BCUT2D eigenvalue weighted by atomic mass is 10.3. The second-order valence-corrected chi connectivity index (χ2v) is 2.87. The molecule has 3 nitrogen and oxygen atoms in total. The topological polar surface area (TPSA) is 48.8 Å². The van der Waals surface area contributed by atoms with Gasteiger partial charge in [0, 0.05) is 16.7 Å². The largest absolute Gasteiger partial charge is 0.162 e. The highest BCUT2D eigenvalue weighted by Crippen LogP contribution is 2.19.